The second kappa shape index (κ2) is 8.49. The van der Waals surface area contributed by atoms with Gasteiger partial charge in [0.2, 0.25) is 0 Å². The van der Waals surface area contributed by atoms with Crippen LogP contribution in [0.2, 0.25) is 0 Å². The molecule has 24 heavy (non-hydrogen) atoms. The molecular formula is C19H28N2O3. The molecule has 132 valence electrons. The molecule has 0 radical (unpaired) electrons. The van der Waals surface area contributed by atoms with Crippen molar-refractivity contribution in [2.24, 2.45) is 5.92 Å². The summed E-state index contributed by atoms with van der Waals surface area (Å²) in [5.74, 6) is 0.186. The number of hydrogen-bond donors (Lipinski definition) is 3. The highest BCUT2D eigenvalue weighted by Crippen LogP contribution is 2.25. The summed E-state index contributed by atoms with van der Waals surface area (Å²) in [4.78, 5) is 12.1. The lowest BCUT2D eigenvalue weighted by molar-refractivity contribution is 0.0457. The van der Waals surface area contributed by atoms with E-state index in [4.69, 9.17) is 4.74 Å². The normalized spacial score (nSPS) is 24.2. The fourth-order valence-corrected chi connectivity index (χ4v) is 3.73. The molecule has 2 atom stereocenters. The lowest BCUT2D eigenvalue weighted by Gasteiger charge is -2.19. The molecule has 0 spiro atoms. The van der Waals surface area contributed by atoms with Crippen molar-refractivity contribution < 1.29 is 14.6 Å². The van der Waals surface area contributed by atoms with Crippen LogP contribution in [0.25, 0.3) is 0 Å². The monoisotopic (exact) mass is 332 g/mol. The van der Waals surface area contributed by atoms with Crippen molar-refractivity contribution in [3.05, 3.63) is 29.8 Å². The van der Waals surface area contributed by atoms with Crippen molar-refractivity contribution in [1.29, 1.82) is 0 Å². The van der Waals surface area contributed by atoms with Crippen LogP contribution < -0.4 is 10.6 Å². The third kappa shape index (κ3) is 4.71. The molecule has 2 amide bonds. The van der Waals surface area contributed by atoms with Gasteiger partial charge in [0.15, 0.2) is 0 Å². The molecule has 0 aliphatic heterocycles. The summed E-state index contributed by atoms with van der Waals surface area (Å²) >= 11 is 0. The zero-order chi connectivity index (χ0) is 16.8. The van der Waals surface area contributed by atoms with E-state index in [1.54, 1.807) is 0 Å². The standard InChI is InChI=1S/C19H28N2O3/c22-12-15-4-3-7-18(15)21-19(23)20-16-10-8-14(9-11-16)13-24-17-5-1-2-6-17/h8-11,15,17-18,22H,1-7,12-13H2,(H2,20,21,23)/t15-,18-/m0/s1. The average molecular weight is 332 g/mol. The largest absolute Gasteiger partial charge is 0.396 e. The Balaban J connectivity index is 1.44. The smallest absolute Gasteiger partial charge is 0.319 e. The Morgan fingerprint density at radius 3 is 2.54 bits per heavy atom. The molecule has 2 aliphatic carbocycles. The predicted molar refractivity (Wildman–Crippen MR) is 93.9 cm³/mol. The molecular weight excluding hydrogens is 304 g/mol. The van der Waals surface area contributed by atoms with E-state index in [0.29, 0.717) is 12.7 Å². The number of anilines is 1. The number of aliphatic hydroxyl groups excluding tert-OH is 1. The van der Waals surface area contributed by atoms with Crippen molar-refractivity contribution in [1.82, 2.24) is 5.32 Å². The number of hydrogen-bond acceptors (Lipinski definition) is 3. The van der Waals surface area contributed by atoms with Crippen LogP contribution in [0.3, 0.4) is 0 Å². The number of rotatable bonds is 6. The molecule has 5 nitrogen and oxygen atoms in total. The Morgan fingerprint density at radius 1 is 1.08 bits per heavy atom. The Morgan fingerprint density at radius 2 is 1.83 bits per heavy atom. The molecule has 1 aromatic rings. The summed E-state index contributed by atoms with van der Waals surface area (Å²) in [5.41, 5.74) is 1.90. The van der Waals surface area contributed by atoms with Gasteiger partial charge in [-0.25, -0.2) is 4.79 Å². The lowest BCUT2D eigenvalue weighted by Crippen LogP contribution is -2.41. The quantitative estimate of drug-likeness (QED) is 0.747. The minimum absolute atomic E-state index is 0.0779. The van der Waals surface area contributed by atoms with Gasteiger partial charge in [-0.2, -0.15) is 0 Å². The van der Waals surface area contributed by atoms with Crippen molar-refractivity contribution in [3.63, 3.8) is 0 Å². The van der Waals surface area contributed by atoms with Gasteiger partial charge in [-0.1, -0.05) is 31.4 Å². The van der Waals surface area contributed by atoms with Crippen LogP contribution in [0.5, 0.6) is 0 Å². The van der Waals surface area contributed by atoms with Crippen molar-refractivity contribution in [2.75, 3.05) is 11.9 Å². The van der Waals surface area contributed by atoms with E-state index in [9.17, 15) is 9.90 Å². The number of benzene rings is 1. The first-order chi connectivity index (χ1) is 11.7. The topological polar surface area (TPSA) is 70.6 Å². The van der Waals surface area contributed by atoms with E-state index < -0.39 is 0 Å². The molecule has 3 rings (SSSR count). The summed E-state index contributed by atoms with van der Waals surface area (Å²) in [6.07, 6.45) is 8.31. The summed E-state index contributed by atoms with van der Waals surface area (Å²) in [6, 6.07) is 7.69. The molecule has 0 heterocycles. The first-order valence-electron chi connectivity index (χ1n) is 9.13. The van der Waals surface area contributed by atoms with Crippen molar-refractivity contribution in [3.8, 4) is 0 Å². The third-order valence-electron chi connectivity index (χ3n) is 5.21. The Kier molecular flexibility index (Phi) is 6.10. The zero-order valence-electron chi connectivity index (χ0n) is 14.2. The minimum atomic E-state index is -0.199. The van der Waals surface area contributed by atoms with E-state index in [-0.39, 0.29) is 24.6 Å². The van der Waals surface area contributed by atoms with Gasteiger partial charge in [0.25, 0.3) is 0 Å². The summed E-state index contributed by atoms with van der Waals surface area (Å²) in [7, 11) is 0. The Hall–Kier alpha value is -1.59. The molecule has 0 saturated heterocycles. The molecule has 0 bridgehead atoms. The Labute approximate surface area is 143 Å². The highest BCUT2D eigenvalue weighted by molar-refractivity contribution is 5.89. The SMILES string of the molecule is O=C(Nc1ccc(COC2CCCC2)cc1)N[C@H]1CCC[C@H]1CO. The van der Waals surface area contributed by atoms with Crippen LogP contribution in [0, 0.1) is 5.92 Å². The van der Waals surface area contributed by atoms with Gasteiger partial charge in [-0.15, -0.1) is 0 Å². The first-order valence-corrected chi connectivity index (χ1v) is 9.13. The van der Waals surface area contributed by atoms with E-state index in [1.165, 1.54) is 25.7 Å². The molecule has 3 N–H and O–H groups in total. The van der Waals surface area contributed by atoms with Crippen LogP contribution in [0.15, 0.2) is 24.3 Å². The molecule has 2 fully saturated rings. The highest BCUT2D eigenvalue weighted by Gasteiger charge is 2.27. The van der Waals surface area contributed by atoms with Gasteiger partial charge in [-0.3, -0.25) is 0 Å². The van der Waals surface area contributed by atoms with Crippen LogP contribution in [0.4, 0.5) is 10.5 Å². The predicted octanol–water partition coefficient (Wildman–Crippen LogP) is 3.43. The second-order valence-corrected chi connectivity index (χ2v) is 6.99. The lowest BCUT2D eigenvalue weighted by atomic mass is 10.1. The average Bonchev–Trinajstić information content (AvgIpc) is 3.25. The number of aliphatic hydroxyl groups is 1. The number of nitrogens with one attached hydrogen (secondary N) is 2. The fraction of sp³-hybridized carbons (Fsp3) is 0.632. The maximum Gasteiger partial charge on any atom is 0.319 e. The number of ether oxygens (including phenoxy) is 1. The van der Waals surface area contributed by atoms with Crippen LogP contribution >= 0.6 is 0 Å². The second-order valence-electron chi connectivity index (χ2n) is 6.99. The van der Waals surface area contributed by atoms with Gasteiger partial charge in [0, 0.05) is 24.3 Å². The van der Waals surface area contributed by atoms with E-state index >= 15 is 0 Å². The van der Waals surface area contributed by atoms with Crippen LogP contribution in [0.1, 0.15) is 50.5 Å². The first kappa shape index (κ1) is 17.2. The van der Waals surface area contributed by atoms with Gasteiger partial charge < -0.3 is 20.5 Å². The van der Waals surface area contributed by atoms with Gasteiger partial charge in [0.1, 0.15) is 0 Å². The zero-order valence-corrected chi connectivity index (χ0v) is 14.2. The van der Waals surface area contributed by atoms with Gasteiger partial charge in [0.05, 0.1) is 12.7 Å². The maximum atomic E-state index is 12.1. The van der Waals surface area contributed by atoms with E-state index in [1.807, 2.05) is 24.3 Å². The molecule has 0 unspecified atom stereocenters. The number of carbonyl (C=O) groups excluding carboxylic acids is 1. The minimum Gasteiger partial charge on any atom is -0.396 e. The highest BCUT2D eigenvalue weighted by atomic mass is 16.5. The van der Waals surface area contributed by atoms with E-state index in [0.717, 1.165) is 30.5 Å². The van der Waals surface area contributed by atoms with Crippen molar-refractivity contribution >= 4 is 11.7 Å². The number of amides is 2. The molecule has 1 aromatic carbocycles. The van der Waals surface area contributed by atoms with Crippen molar-refractivity contribution in [2.45, 2.75) is 63.7 Å². The fourth-order valence-electron chi connectivity index (χ4n) is 3.73. The van der Waals surface area contributed by atoms with Crippen LogP contribution in [-0.2, 0) is 11.3 Å². The number of carbonyl (C=O) groups is 1. The van der Waals surface area contributed by atoms with Gasteiger partial charge >= 0.3 is 6.03 Å². The van der Waals surface area contributed by atoms with Crippen LogP contribution in [-0.4, -0.2) is 29.9 Å². The molecule has 2 saturated carbocycles. The third-order valence-corrected chi connectivity index (χ3v) is 5.21. The summed E-state index contributed by atoms with van der Waals surface area (Å²) in [5, 5.41) is 15.2. The molecule has 5 heteroatoms. The number of urea groups is 1. The Bertz CT molecular complexity index is 526. The van der Waals surface area contributed by atoms with Gasteiger partial charge in [-0.05, 0) is 43.4 Å². The maximum absolute atomic E-state index is 12.1. The van der Waals surface area contributed by atoms with E-state index in [2.05, 4.69) is 10.6 Å². The summed E-state index contributed by atoms with van der Waals surface area (Å²) < 4.78 is 5.90. The summed E-state index contributed by atoms with van der Waals surface area (Å²) in [6.45, 7) is 0.776. The molecule has 0 aromatic heterocycles. The molecule has 2 aliphatic rings.